The summed E-state index contributed by atoms with van der Waals surface area (Å²) in [7, 11) is 1.98. The smallest absolute Gasteiger partial charge is 0.127 e. The first-order valence-corrected chi connectivity index (χ1v) is 6.78. The lowest BCUT2D eigenvalue weighted by atomic mass is 9.96. The van der Waals surface area contributed by atoms with Gasteiger partial charge < -0.3 is 5.32 Å². The van der Waals surface area contributed by atoms with Crippen LogP contribution in [-0.4, -0.2) is 31.6 Å². The first-order valence-electron chi connectivity index (χ1n) is 6.78. The Balaban J connectivity index is 1.94. The first kappa shape index (κ1) is 14.0. The number of halogens is 1. The van der Waals surface area contributed by atoms with Gasteiger partial charge in [0, 0.05) is 12.1 Å². The number of rotatable bonds is 4. The second-order valence-corrected chi connectivity index (χ2v) is 5.20. The predicted octanol–water partition coefficient (Wildman–Crippen LogP) is 2.13. The van der Waals surface area contributed by atoms with E-state index in [-0.39, 0.29) is 5.82 Å². The molecule has 3 nitrogen and oxygen atoms in total. The second kappa shape index (κ2) is 6.65. The lowest BCUT2D eigenvalue weighted by molar-refractivity contribution is 0.175. The fourth-order valence-corrected chi connectivity index (χ4v) is 2.64. The van der Waals surface area contributed by atoms with Crippen molar-refractivity contribution in [1.29, 1.82) is 5.26 Å². The summed E-state index contributed by atoms with van der Waals surface area (Å²) in [4.78, 5) is 2.27. The fourth-order valence-electron chi connectivity index (χ4n) is 2.64. The van der Waals surface area contributed by atoms with Gasteiger partial charge >= 0.3 is 0 Å². The van der Waals surface area contributed by atoms with E-state index in [1.165, 1.54) is 12.1 Å². The SMILES string of the molecule is CNCC1CCN(Cc2cc(C#N)ccc2F)CC1. The molecule has 0 spiro atoms. The van der Waals surface area contributed by atoms with Gasteiger partial charge in [0.2, 0.25) is 0 Å². The van der Waals surface area contributed by atoms with Gasteiger partial charge in [0.15, 0.2) is 0 Å². The van der Waals surface area contributed by atoms with Gasteiger partial charge in [0.05, 0.1) is 11.6 Å². The number of nitriles is 1. The summed E-state index contributed by atoms with van der Waals surface area (Å²) < 4.78 is 13.7. The van der Waals surface area contributed by atoms with Crippen LogP contribution in [0.1, 0.15) is 24.0 Å². The highest BCUT2D eigenvalue weighted by Gasteiger charge is 2.19. The van der Waals surface area contributed by atoms with E-state index in [1.54, 1.807) is 6.07 Å². The van der Waals surface area contributed by atoms with Crippen LogP contribution in [0.4, 0.5) is 4.39 Å². The van der Waals surface area contributed by atoms with Gasteiger partial charge in [0.25, 0.3) is 0 Å². The Morgan fingerprint density at radius 1 is 1.42 bits per heavy atom. The second-order valence-electron chi connectivity index (χ2n) is 5.20. The molecule has 1 aromatic carbocycles. The minimum atomic E-state index is -0.212. The molecule has 0 unspecified atom stereocenters. The molecule has 1 heterocycles. The summed E-state index contributed by atoms with van der Waals surface area (Å²) >= 11 is 0. The van der Waals surface area contributed by atoms with E-state index in [2.05, 4.69) is 16.3 Å². The third-order valence-electron chi connectivity index (χ3n) is 3.77. The van der Waals surface area contributed by atoms with Crippen LogP contribution >= 0.6 is 0 Å². The minimum absolute atomic E-state index is 0.212. The number of benzene rings is 1. The van der Waals surface area contributed by atoms with Crippen LogP contribution in [0.3, 0.4) is 0 Å². The maximum absolute atomic E-state index is 13.7. The van der Waals surface area contributed by atoms with Crippen LogP contribution in [0, 0.1) is 23.1 Å². The molecule has 102 valence electrons. The van der Waals surface area contributed by atoms with E-state index in [0.717, 1.165) is 38.4 Å². The number of nitrogens with zero attached hydrogens (tertiary/aromatic N) is 2. The lowest BCUT2D eigenvalue weighted by Crippen LogP contribution is -2.36. The summed E-state index contributed by atoms with van der Waals surface area (Å²) in [6, 6.07) is 6.64. The zero-order valence-electron chi connectivity index (χ0n) is 11.3. The molecule has 0 radical (unpaired) electrons. The van der Waals surface area contributed by atoms with Gasteiger partial charge in [0.1, 0.15) is 5.82 Å². The summed E-state index contributed by atoms with van der Waals surface area (Å²) in [6.45, 7) is 3.67. The molecule has 1 aliphatic heterocycles. The molecule has 0 saturated carbocycles. The highest BCUT2D eigenvalue weighted by molar-refractivity contribution is 5.33. The predicted molar refractivity (Wildman–Crippen MR) is 73.0 cm³/mol. The van der Waals surface area contributed by atoms with Gasteiger partial charge in [-0.15, -0.1) is 0 Å². The molecule has 0 amide bonds. The Hall–Kier alpha value is -1.44. The van der Waals surface area contributed by atoms with Crippen molar-refractivity contribution in [2.24, 2.45) is 5.92 Å². The Labute approximate surface area is 114 Å². The lowest BCUT2D eigenvalue weighted by Gasteiger charge is -2.31. The zero-order chi connectivity index (χ0) is 13.7. The van der Waals surface area contributed by atoms with E-state index in [9.17, 15) is 4.39 Å². The number of piperidine rings is 1. The molecular weight excluding hydrogens is 241 g/mol. The summed E-state index contributed by atoms with van der Waals surface area (Å²) in [5, 5.41) is 12.1. The summed E-state index contributed by atoms with van der Waals surface area (Å²) in [5.74, 6) is 0.521. The van der Waals surface area contributed by atoms with Gasteiger partial charge in [-0.2, -0.15) is 5.26 Å². The molecule has 2 rings (SSSR count). The molecule has 0 bridgehead atoms. The average Bonchev–Trinajstić information content (AvgIpc) is 2.44. The third-order valence-corrected chi connectivity index (χ3v) is 3.77. The third kappa shape index (κ3) is 3.76. The minimum Gasteiger partial charge on any atom is -0.319 e. The molecular formula is C15H20FN3. The Bertz CT molecular complexity index is 459. The van der Waals surface area contributed by atoms with Crippen LogP contribution in [0.25, 0.3) is 0 Å². The van der Waals surface area contributed by atoms with Crippen molar-refractivity contribution < 1.29 is 4.39 Å². The van der Waals surface area contributed by atoms with Crippen LogP contribution < -0.4 is 5.32 Å². The van der Waals surface area contributed by atoms with Crippen molar-refractivity contribution in [3.63, 3.8) is 0 Å². The number of hydrogen-bond donors (Lipinski definition) is 1. The molecule has 0 atom stereocenters. The molecule has 19 heavy (non-hydrogen) atoms. The van der Waals surface area contributed by atoms with E-state index >= 15 is 0 Å². The maximum atomic E-state index is 13.7. The van der Waals surface area contributed by atoms with Crippen molar-refractivity contribution in [3.05, 3.63) is 35.1 Å². The molecule has 0 aromatic heterocycles. The topological polar surface area (TPSA) is 39.1 Å². The fraction of sp³-hybridized carbons (Fsp3) is 0.533. The molecule has 1 N–H and O–H groups in total. The van der Waals surface area contributed by atoms with Crippen molar-refractivity contribution in [1.82, 2.24) is 10.2 Å². The van der Waals surface area contributed by atoms with Crippen molar-refractivity contribution in [3.8, 4) is 6.07 Å². The van der Waals surface area contributed by atoms with Crippen molar-refractivity contribution in [2.75, 3.05) is 26.7 Å². The van der Waals surface area contributed by atoms with Crippen molar-refractivity contribution >= 4 is 0 Å². The summed E-state index contributed by atoms with van der Waals surface area (Å²) in [5.41, 5.74) is 1.16. The summed E-state index contributed by atoms with van der Waals surface area (Å²) in [6.07, 6.45) is 2.31. The molecule has 4 heteroatoms. The molecule has 1 saturated heterocycles. The Kier molecular flexibility index (Phi) is 4.89. The van der Waals surface area contributed by atoms with Crippen LogP contribution in [0.15, 0.2) is 18.2 Å². The standard InChI is InChI=1S/C15H20FN3/c1-18-10-12-4-6-19(7-5-12)11-14-8-13(9-17)2-3-15(14)16/h2-3,8,12,18H,4-7,10-11H2,1H3. The van der Waals surface area contributed by atoms with Crippen LogP contribution in [0.5, 0.6) is 0 Å². The van der Waals surface area contributed by atoms with E-state index < -0.39 is 0 Å². The first-order chi connectivity index (χ1) is 9.22. The van der Waals surface area contributed by atoms with Gasteiger partial charge in [-0.3, -0.25) is 4.90 Å². The normalized spacial score (nSPS) is 17.3. The molecule has 1 fully saturated rings. The maximum Gasteiger partial charge on any atom is 0.127 e. The Morgan fingerprint density at radius 2 is 2.16 bits per heavy atom. The van der Waals surface area contributed by atoms with Gasteiger partial charge in [-0.25, -0.2) is 4.39 Å². The van der Waals surface area contributed by atoms with Gasteiger partial charge in [-0.1, -0.05) is 0 Å². The highest BCUT2D eigenvalue weighted by atomic mass is 19.1. The number of likely N-dealkylation sites (tertiary alicyclic amines) is 1. The largest absolute Gasteiger partial charge is 0.319 e. The van der Waals surface area contributed by atoms with Gasteiger partial charge in [-0.05, 0) is 63.6 Å². The zero-order valence-corrected chi connectivity index (χ0v) is 11.3. The monoisotopic (exact) mass is 261 g/mol. The average molecular weight is 261 g/mol. The van der Waals surface area contributed by atoms with Crippen molar-refractivity contribution in [2.45, 2.75) is 19.4 Å². The van der Waals surface area contributed by atoms with E-state index in [1.807, 2.05) is 7.05 Å². The van der Waals surface area contributed by atoms with Crippen LogP contribution in [-0.2, 0) is 6.54 Å². The molecule has 0 aliphatic carbocycles. The van der Waals surface area contributed by atoms with E-state index in [4.69, 9.17) is 5.26 Å². The molecule has 1 aromatic rings. The van der Waals surface area contributed by atoms with Crippen LogP contribution in [0.2, 0.25) is 0 Å². The highest BCUT2D eigenvalue weighted by Crippen LogP contribution is 2.20. The number of hydrogen-bond acceptors (Lipinski definition) is 3. The molecule has 1 aliphatic rings. The van der Waals surface area contributed by atoms with E-state index in [0.29, 0.717) is 17.7 Å². The quantitative estimate of drug-likeness (QED) is 0.902. The Morgan fingerprint density at radius 3 is 2.79 bits per heavy atom. The number of nitrogens with one attached hydrogen (secondary N) is 1.